The Labute approximate surface area is 117 Å². The molecule has 2 rings (SSSR count). The molecular weight excluding hydrogens is 255 g/mol. The Morgan fingerprint density at radius 1 is 1.30 bits per heavy atom. The second-order valence-electron chi connectivity index (χ2n) is 4.41. The molecule has 4 heteroatoms. The highest BCUT2D eigenvalue weighted by Gasteiger charge is 2.05. The average molecular weight is 270 g/mol. The monoisotopic (exact) mass is 270 g/mol. The number of halogens is 1. The van der Waals surface area contributed by atoms with E-state index >= 15 is 0 Å². The molecule has 0 bridgehead atoms. The van der Waals surface area contributed by atoms with E-state index in [1.807, 2.05) is 12.1 Å². The highest BCUT2D eigenvalue weighted by molar-refractivity contribution is 5.52. The van der Waals surface area contributed by atoms with Gasteiger partial charge in [0.2, 0.25) is 0 Å². The smallest absolute Gasteiger partial charge is 0.136 e. The van der Waals surface area contributed by atoms with Crippen LogP contribution in [0.1, 0.15) is 16.7 Å². The van der Waals surface area contributed by atoms with Crippen LogP contribution in [-0.4, -0.2) is 7.11 Å². The number of nitrogens with zero attached hydrogens (tertiary/aromatic N) is 1. The molecule has 0 fully saturated rings. The molecule has 0 saturated heterocycles. The first-order chi connectivity index (χ1) is 9.65. The number of nitrogens with one attached hydrogen (secondary N) is 1. The molecule has 1 N–H and O–H groups in total. The quantitative estimate of drug-likeness (QED) is 0.922. The largest absolute Gasteiger partial charge is 0.495 e. The molecule has 0 saturated carbocycles. The summed E-state index contributed by atoms with van der Waals surface area (Å²) in [5, 5.41) is 12.2. The maximum Gasteiger partial charge on any atom is 0.136 e. The van der Waals surface area contributed by atoms with E-state index in [2.05, 4.69) is 11.4 Å². The first-order valence-electron chi connectivity index (χ1n) is 6.21. The van der Waals surface area contributed by atoms with Gasteiger partial charge in [0.05, 0.1) is 12.7 Å². The average Bonchev–Trinajstić information content (AvgIpc) is 2.48. The molecule has 0 amide bonds. The van der Waals surface area contributed by atoms with Crippen LogP contribution in [0.5, 0.6) is 5.75 Å². The van der Waals surface area contributed by atoms with Crippen molar-refractivity contribution in [2.45, 2.75) is 13.5 Å². The molecule has 20 heavy (non-hydrogen) atoms. The number of nitriles is 1. The van der Waals surface area contributed by atoms with Crippen molar-refractivity contribution in [2.75, 3.05) is 12.4 Å². The normalized spacial score (nSPS) is 9.90. The van der Waals surface area contributed by atoms with Gasteiger partial charge < -0.3 is 10.1 Å². The molecular formula is C16H15FN2O. The van der Waals surface area contributed by atoms with Crippen molar-refractivity contribution in [2.24, 2.45) is 0 Å². The van der Waals surface area contributed by atoms with E-state index in [4.69, 9.17) is 10.00 Å². The van der Waals surface area contributed by atoms with Crippen LogP contribution < -0.4 is 10.1 Å². The van der Waals surface area contributed by atoms with E-state index in [-0.39, 0.29) is 5.82 Å². The van der Waals surface area contributed by atoms with Gasteiger partial charge >= 0.3 is 0 Å². The maximum absolute atomic E-state index is 13.4. The van der Waals surface area contributed by atoms with Crippen molar-refractivity contribution in [3.05, 3.63) is 58.9 Å². The summed E-state index contributed by atoms with van der Waals surface area (Å²) in [4.78, 5) is 0. The van der Waals surface area contributed by atoms with Crippen LogP contribution >= 0.6 is 0 Å². The first-order valence-corrected chi connectivity index (χ1v) is 6.21. The van der Waals surface area contributed by atoms with E-state index in [9.17, 15) is 4.39 Å². The minimum atomic E-state index is -0.234. The second kappa shape index (κ2) is 6.07. The Morgan fingerprint density at radius 2 is 2.10 bits per heavy atom. The molecule has 0 aromatic heterocycles. The summed E-state index contributed by atoms with van der Waals surface area (Å²) >= 11 is 0. The molecule has 0 aliphatic heterocycles. The van der Waals surface area contributed by atoms with Gasteiger partial charge in [-0.1, -0.05) is 12.1 Å². The Kier molecular flexibility index (Phi) is 4.21. The zero-order valence-corrected chi connectivity index (χ0v) is 11.4. The Bertz CT molecular complexity index is 662. The van der Waals surface area contributed by atoms with Crippen LogP contribution in [-0.2, 0) is 6.54 Å². The number of rotatable bonds is 4. The molecule has 102 valence electrons. The van der Waals surface area contributed by atoms with E-state index in [0.717, 1.165) is 11.3 Å². The van der Waals surface area contributed by atoms with Gasteiger partial charge in [-0.25, -0.2) is 4.39 Å². The van der Waals surface area contributed by atoms with Gasteiger partial charge in [-0.2, -0.15) is 5.26 Å². The minimum Gasteiger partial charge on any atom is -0.495 e. The van der Waals surface area contributed by atoms with Crippen LogP contribution in [0.2, 0.25) is 0 Å². The lowest BCUT2D eigenvalue weighted by Crippen LogP contribution is -2.02. The molecule has 0 spiro atoms. The topological polar surface area (TPSA) is 45.0 Å². The highest BCUT2D eigenvalue weighted by Crippen LogP contribution is 2.21. The molecule has 0 radical (unpaired) electrons. The number of ether oxygens (including phenoxy) is 1. The third-order valence-corrected chi connectivity index (χ3v) is 3.13. The Hall–Kier alpha value is -2.54. The SMILES string of the molecule is COc1ccc(CNc2cccc(F)c2C)cc1C#N. The van der Waals surface area contributed by atoms with Gasteiger partial charge in [0.1, 0.15) is 17.6 Å². The minimum absolute atomic E-state index is 0.234. The van der Waals surface area contributed by atoms with Crippen molar-refractivity contribution in [1.29, 1.82) is 5.26 Å². The highest BCUT2D eigenvalue weighted by atomic mass is 19.1. The molecule has 2 aromatic rings. The molecule has 3 nitrogen and oxygen atoms in total. The first kappa shape index (κ1) is 13.9. The fourth-order valence-corrected chi connectivity index (χ4v) is 1.95. The molecule has 2 aromatic carbocycles. The summed E-state index contributed by atoms with van der Waals surface area (Å²) < 4.78 is 18.5. The molecule has 0 atom stereocenters. The molecule has 0 unspecified atom stereocenters. The van der Waals surface area contributed by atoms with Crippen molar-refractivity contribution < 1.29 is 9.13 Å². The second-order valence-corrected chi connectivity index (χ2v) is 4.41. The standard InChI is InChI=1S/C16H15FN2O/c1-11-14(17)4-3-5-15(11)19-10-12-6-7-16(20-2)13(8-12)9-18/h3-8,19H,10H2,1-2H3. The fourth-order valence-electron chi connectivity index (χ4n) is 1.95. The third-order valence-electron chi connectivity index (χ3n) is 3.13. The molecule has 0 heterocycles. The lowest BCUT2D eigenvalue weighted by molar-refractivity contribution is 0.413. The Morgan fingerprint density at radius 3 is 2.80 bits per heavy atom. The summed E-state index contributed by atoms with van der Waals surface area (Å²) in [5.41, 5.74) is 2.76. The third kappa shape index (κ3) is 2.89. The van der Waals surface area contributed by atoms with E-state index in [1.165, 1.54) is 13.2 Å². The molecule has 0 aliphatic carbocycles. The number of hydrogen-bond donors (Lipinski definition) is 1. The lowest BCUT2D eigenvalue weighted by Gasteiger charge is -2.11. The number of anilines is 1. The van der Waals surface area contributed by atoms with E-state index < -0.39 is 0 Å². The van der Waals surface area contributed by atoms with Gasteiger partial charge in [-0.15, -0.1) is 0 Å². The van der Waals surface area contributed by atoms with Crippen LogP contribution in [0.4, 0.5) is 10.1 Å². The van der Waals surface area contributed by atoms with Crippen molar-refractivity contribution >= 4 is 5.69 Å². The van der Waals surface area contributed by atoms with Gasteiger partial charge in [-0.05, 0) is 36.8 Å². The van der Waals surface area contributed by atoms with Crippen LogP contribution in [0.25, 0.3) is 0 Å². The lowest BCUT2D eigenvalue weighted by atomic mass is 10.1. The summed E-state index contributed by atoms with van der Waals surface area (Å²) in [6.07, 6.45) is 0. The van der Waals surface area contributed by atoms with Gasteiger partial charge in [0, 0.05) is 17.8 Å². The van der Waals surface area contributed by atoms with Crippen molar-refractivity contribution in [3.8, 4) is 11.8 Å². The van der Waals surface area contributed by atoms with Crippen molar-refractivity contribution in [1.82, 2.24) is 0 Å². The van der Waals surface area contributed by atoms with Crippen LogP contribution in [0.15, 0.2) is 36.4 Å². The summed E-state index contributed by atoms with van der Waals surface area (Å²) in [6, 6.07) is 12.4. The predicted octanol–water partition coefficient (Wildman–Crippen LogP) is 3.63. The fraction of sp³-hybridized carbons (Fsp3) is 0.188. The van der Waals surface area contributed by atoms with Crippen LogP contribution in [0, 0.1) is 24.1 Å². The van der Waals surface area contributed by atoms with Gasteiger partial charge in [0.15, 0.2) is 0 Å². The molecule has 0 aliphatic rings. The van der Waals surface area contributed by atoms with E-state index in [1.54, 1.807) is 25.1 Å². The number of hydrogen-bond acceptors (Lipinski definition) is 3. The summed E-state index contributed by atoms with van der Waals surface area (Å²) in [5.74, 6) is 0.320. The number of benzene rings is 2. The predicted molar refractivity (Wildman–Crippen MR) is 76.2 cm³/mol. The van der Waals surface area contributed by atoms with Gasteiger partial charge in [0.25, 0.3) is 0 Å². The zero-order valence-electron chi connectivity index (χ0n) is 11.4. The zero-order chi connectivity index (χ0) is 14.5. The summed E-state index contributed by atoms with van der Waals surface area (Å²) in [6.45, 7) is 2.25. The maximum atomic E-state index is 13.4. The van der Waals surface area contributed by atoms with Crippen molar-refractivity contribution in [3.63, 3.8) is 0 Å². The summed E-state index contributed by atoms with van der Waals surface area (Å²) in [7, 11) is 1.53. The van der Waals surface area contributed by atoms with Crippen LogP contribution in [0.3, 0.4) is 0 Å². The Balaban J connectivity index is 2.15. The van der Waals surface area contributed by atoms with Gasteiger partial charge in [-0.3, -0.25) is 0 Å². The van der Waals surface area contributed by atoms with E-state index in [0.29, 0.717) is 23.4 Å². The number of methoxy groups -OCH3 is 1.